The molecular weight excluding hydrogens is 447 g/mol. The van der Waals surface area contributed by atoms with Gasteiger partial charge in [-0.25, -0.2) is 4.98 Å². The summed E-state index contributed by atoms with van der Waals surface area (Å²) in [4.78, 5) is 18.0. The van der Waals surface area contributed by atoms with Crippen LogP contribution in [0.25, 0.3) is 22.5 Å². The van der Waals surface area contributed by atoms with Crippen LogP contribution in [-0.4, -0.2) is 20.6 Å². The van der Waals surface area contributed by atoms with Crippen LogP contribution in [-0.2, 0) is 13.0 Å². The van der Waals surface area contributed by atoms with Gasteiger partial charge in [-0.15, -0.1) is 0 Å². The first-order valence-electron chi connectivity index (χ1n) is 10.4. The van der Waals surface area contributed by atoms with Crippen molar-refractivity contribution in [2.75, 3.05) is 5.32 Å². The standard InChI is InChI=1S/C24H20Cl2N4O2/c1-14-21(23(29-32-14)22-17(25)8-5-9-18(22)26)24(31)27-16-7-4-6-15(12-16)19-13-30-11-3-2-10-20(30)28-19/h4-9,12-13H,2-3,10-11H2,1H3,(H,27,31). The molecule has 1 amide bonds. The van der Waals surface area contributed by atoms with E-state index >= 15 is 0 Å². The van der Waals surface area contributed by atoms with E-state index in [1.54, 1.807) is 25.1 Å². The van der Waals surface area contributed by atoms with E-state index in [4.69, 9.17) is 32.7 Å². The van der Waals surface area contributed by atoms with Crippen LogP contribution < -0.4 is 5.32 Å². The largest absolute Gasteiger partial charge is 0.360 e. The highest BCUT2D eigenvalue weighted by atomic mass is 35.5. The molecule has 8 heteroatoms. The number of hydrogen-bond acceptors (Lipinski definition) is 4. The van der Waals surface area contributed by atoms with Gasteiger partial charge in [0.1, 0.15) is 22.8 Å². The van der Waals surface area contributed by atoms with Crippen molar-refractivity contribution in [3.63, 3.8) is 0 Å². The van der Waals surface area contributed by atoms with E-state index in [-0.39, 0.29) is 5.91 Å². The minimum absolute atomic E-state index is 0.294. The van der Waals surface area contributed by atoms with E-state index in [1.165, 1.54) is 12.8 Å². The van der Waals surface area contributed by atoms with Gasteiger partial charge in [-0.05, 0) is 44.0 Å². The summed E-state index contributed by atoms with van der Waals surface area (Å²) in [6, 6.07) is 12.8. The van der Waals surface area contributed by atoms with Crippen molar-refractivity contribution < 1.29 is 9.32 Å². The van der Waals surface area contributed by atoms with E-state index in [2.05, 4.69) is 21.2 Å². The molecule has 162 valence electrons. The Kier molecular flexibility index (Phi) is 5.49. The Hall–Kier alpha value is -3.09. The van der Waals surface area contributed by atoms with Crippen LogP contribution in [0.4, 0.5) is 5.69 Å². The van der Waals surface area contributed by atoms with Crippen molar-refractivity contribution in [2.45, 2.75) is 32.7 Å². The van der Waals surface area contributed by atoms with Gasteiger partial charge in [-0.1, -0.05) is 46.6 Å². The number of fused-ring (bicyclic) bond motifs is 1. The number of anilines is 1. The number of carbonyl (C=O) groups is 1. The molecule has 1 aliphatic heterocycles. The van der Waals surface area contributed by atoms with Crippen LogP contribution in [0.2, 0.25) is 10.0 Å². The first kappa shape index (κ1) is 20.8. The summed E-state index contributed by atoms with van der Waals surface area (Å²) in [6.07, 6.45) is 5.42. The van der Waals surface area contributed by atoms with Crippen LogP contribution >= 0.6 is 23.2 Å². The second-order valence-electron chi connectivity index (χ2n) is 7.79. The molecule has 0 fully saturated rings. The molecule has 1 N–H and O–H groups in total. The molecule has 0 atom stereocenters. The number of imidazole rings is 1. The molecule has 0 aliphatic carbocycles. The highest BCUT2D eigenvalue weighted by molar-refractivity contribution is 6.39. The number of amides is 1. The third-order valence-corrected chi connectivity index (χ3v) is 6.24. The van der Waals surface area contributed by atoms with Crippen LogP contribution in [0, 0.1) is 6.92 Å². The number of benzene rings is 2. The summed E-state index contributed by atoms with van der Waals surface area (Å²) < 4.78 is 7.53. The number of nitrogens with one attached hydrogen (secondary N) is 1. The van der Waals surface area contributed by atoms with Gasteiger partial charge in [0.15, 0.2) is 0 Å². The Balaban J connectivity index is 1.45. The predicted octanol–water partition coefficient (Wildman–Crippen LogP) is 6.41. The van der Waals surface area contributed by atoms with Gasteiger partial charge in [0, 0.05) is 36.0 Å². The first-order chi connectivity index (χ1) is 15.5. The molecule has 6 nitrogen and oxygen atoms in total. The highest BCUT2D eigenvalue weighted by Gasteiger charge is 2.25. The fourth-order valence-corrected chi connectivity index (χ4v) is 4.61. The van der Waals surface area contributed by atoms with Crippen LogP contribution in [0.5, 0.6) is 0 Å². The minimum atomic E-state index is -0.351. The second kappa shape index (κ2) is 8.45. The maximum atomic E-state index is 13.2. The SMILES string of the molecule is Cc1onc(-c2c(Cl)cccc2Cl)c1C(=O)Nc1cccc(-c2cn3c(n2)CCCC3)c1. The number of carbonyl (C=O) groups excluding carboxylic acids is 1. The lowest BCUT2D eigenvalue weighted by Gasteiger charge is -2.11. The maximum Gasteiger partial charge on any atom is 0.261 e. The first-order valence-corrected chi connectivity index (χ1v) is 11.2. The third-order valence-electron chi connectivity index (χ3n) is 5.61. The molecule has 4 aromatic rings. The number of hydrogen-bond donors (Lipinski definition) is 1. The fraction of sp³-hybridized carbons (Fsp3) is 0.208. The Morgan fingerprint density at radius 2 is 1.91 bits per heavy atom. The molecule has 0 saturated carbocycles. The number of halogens is 2. The van der Waals surface area contributed by atoms with E-state index in [0.717, 1.165) is 30.0 Å². The van der Waals surface area contributed by atoms with Gasteiger partial charge in [0.2, 0.25) is 0 Å². The summed E-state index contributed by atoms with van der Waals surface area (Å²) >= 11 is 12.7. The van der Waals surface area contributed by atoms with Crippen LogP contribution in [0.15, 0.2) is 53.2 Å². The minimum Gasteiger partial charge on any atom is -0.360 e. The summed E-state index contributed by atoms with van der Waals surface area (Å²) in [6.45, 7) is 2.68. The molecule has 0 bridgehead atoms. The van der Waals surface area contributed by atoms with Crippen molar-refractivity contribution in [3.05, 3.63) is 75.9 Å². The number of aromatic nitrogens is 3. The van der Waals surface area contributed by atoms with Crippen molar-refractivity contribution in [1.82, 2.24) is 14.7 Å². The average Bonchev–Trinajstić information content (AvgIpc) is 3.37. The molecule has 1 aliphatic rings. The monoisotopic (exact) mass is 466 g/mol. The van der Waals surface area contributed by atoms with E-state index in [0.29, 0.717) is 38.3 Å². The number of nitrogens with zero attached hydrogens (tertiary/aromatic N) is 3. The summed E-state index contributed by atoms with van der Waals surface area (Å²) in [5.41, 5.74) is 3.57. The Morgan fingerprint density at radius 1 is 1.12 bits per heavy atom. The lowest BCUT2D eigenvalue weighted by Crippen LogP contribution is -2.13. The van der Waals surface area contributed by atoms with E-state index < -0.39 is 0 Å². The van der Waals surface area contributed by atoms with Crippen molar-refractivity contribution >= 4 is 34.8 Å². The van der Waals surface area contributed by atoms with Gasteiger partial charge in [0.05, 0.1) is 15.7 Å². The molecule has 2 aromatic heterocycles. The topological polar surface area (TPSA) is 73.0 Å². The molecule has 2 aromatic carbocycles. The highest BCUT2D eigenvalue weighted by Crippen LogP contribution is 2.37. The zero-order valence-electron chi connectivity index (χ0n) is 17.4. The number of rotatable bonds is 4. The Labute approximate surface area is 195 Å². The number of aryl methyl sites for hydroxylation is 3. The molecule has 5 rings (SSSR count). The molecular formula is C24H20Cl2N4O2. The fourth-order valence-electron chi connectivity index (χ4n) is 4.04. The third kappa shape index (κ3) is 3.80. The molecule has 0 unspecified atom stereocenters. The molecule has 32 heavy (non-hydrogen) atoms. The molecule has 0 spiro atoms. The van der Waals surface area contributed by atoms with Crippen LogP contribution in [0.3, 0.4) is 0 Å². The van der Waals surface area contributed by atoms with Gasteiger partial charge in [-0.2, -0.15) is 0 Å². The van der Waals surface area contributed by atoms with Gasteiger partial charge in [0.25, 0.3) is 5.91 Å². The van der Waals surface area contributed by atoms with Crippen molar-refractivity contribution in [1.29, 1.82) is 0 Å². The smallest absolute Gasteiger partial charge is 0.261 e. The normalized spacial score (nSPS) is 13.1. The van der Waals surface area contributed by atoms with Gasteiger partial charge >= 0.3 is 0 Å². The predicted molar refractivity (Wildman–Crippen MR) is 125 cm³/mol. The quantitative estimate of drug-likeness (QED) is 0.377. The lowest BCUT2D eigenvalue weighted by molar-refractivity contribution is 0.102. The summed E-state index contributed by atoms with van der Waals surface area (Å²) in [5.74, 6) is 1.14. The summed E-state index contributed by atoms with van der Waals surface area (Å²) in [7, 11) is 0. The van der Waals surface area contributed by atoms with Gasteiger partial charge in [-0.3, -0.25) is 4.79 Å². The van der Waals surface area contributed by atoms with E-state index in [1.807, 2.05) is 24.3 Å². The second-order valence-corrected chi connectivity index (χ2v) is 8.60. The van der Waals surface area contributed by atoms with Gasteiger partial charge < -0.3 is 14.4 Å². The Bertz CT molecular complexity index is 1280. The van der Waals surface area contributed by atoms with Crippen molar-refractivity contribution in [3.8, 4) is 22.5 Å². The molecule has 0 radical (unpaired) electrons. The maximum absolute atomic E-state index is 13.2. The van der Waals surface area contributed by atoms with E-state index in [9.17, 15) is 4.79 Å². The average molecular weight is 467 g/mol. The Morgan fingerprint density at radius 3 is 2.69 bits per heavy atom. The zero-order valence-corrected chi connectivity index (χ0v) is 18.9. The van der Waals surface area contributed by atoms with Crippen LogP contribution in [0.1, 0.15) is 34.8 Å². The van der Waals surface area contributed by atoms with Crippen molar-refractivity contribution in [2.24, 2.45) is 0 Å². The molecule has 0 saturated heterocycles. The zero-order chi connectivity index (χ0) is 22.2. The summed E-state index contributed by atoms with van der Waals surface area (Å²) in [5, 5.41) is 7.79. The molecule has 3 heterocycles. The lowest BCUT2D eigenvalue weighted by atomic mass is 10.0.